The first-order valence-electron chi connectivity index (χ1n) is 9.85. The predicted octanol–water partition coefficient (Wildman–Crippen LogP) is 2.62. The Kier molecular flexibility index (Phi) is 4.03. The SMILES string of the molecule is CN1CC2(CCN(C(=O)c3cocn3)CC2)CC1c1noc(C2CCC2)n1. The van der Waals surface area contributed by atoms with Crippen LogP contribution in [0.25, 0.3) is 0 Å². The van der Waals surface area contributed by atoms with E-state index in [1.807, 2.05) is 4.90 Å². The molecule has 0 radical (unpaired) electrons. The molecule has 2 aromatic rings. The maximum Gasteiger partial charge on any atom is 0.275 e. The van der Waals surface area contributed by atoms with E-state index in [9.17, 15) is 4.79 Å². The molecule has 5 rings (SSSR count). The fourth-order valence-electron chi connectivity index (χ4n) is 4.79. The second-order valence-corrected chi connectivity index (χ2v) is 8.42. The van der Waals surface area contributed by atoms with Gasteiger partial charge in [0.05, 0.1) is 6.04 Å². The average molecular weight is 371 g/mol. The molecular formula is C19H25N5O3. The Hall–Kier alpha value is -2.22. The molecule has 2 aromatic heterocycles. The summed E-state index contributed by atoms with van der Waals surface area (Å²) in [6.45, 7) is 2.52. The van der Waals surface area contributed by atoms with E-state index in [4.69, 9.17) is 13.9 Å². The van der Waals surface area contributed by atoms with Gasteiger partial charge >= 0.3 is 0 Å². The first kappa shape index (κ1) is 16.9. The minimum atomic E-state index is -0.0372. The van der Waals surface area contributed by atoms with Crippen molar-refractivity contribution in [2.75, 3.05) is 26.7 Å². The number of piperidine rings is 1. The van der Waals surface area contributed by atoms with Crippen LogP contribution in [0.2, 0.25) is 0 Å². The maximum atomic E-state index is 12.5. The molecule has 1 saturated carbocycles. The monoisotopic (exact) mass is 371 g/mol. The summed E-state index contributed by atoms with van der Waals surface area (Å²) >= 11 is 0. The number of rotatable bonds is 3. The van der Waals surface area contributed by atoms with E-state index in [0.29, 0.717) is 11.6 Å². The Morgan fingerprint density at radius 2 is 2.11 bits per heavy atom. The maximum absolute atomic E-state index is 12.5. The van der Waals surface area contributed by atoms with Crippen molar-refractivity contribution in [3.8, 4) is 0 Å². The lowest BCUT2D eigenvalue weighted by molar-refractivity contribution is 0.0587. The van der Waals surface area contributed by atoms with Crippen LogP contribution in [0.3, 0.4) is 0 Å². The van der Waals surface area contributed by atoms with Crippen LogP contribution in [0.1, 0.15) is 72.7 Å². The lowest BCUT2D eigenvalue weighted by Crippen LogP contribution is -2.44. The van der Waals surface area contributed by atoms with Gasteiger partial charge < -0.3 is 13.8 Å². The van der Waals surface area contributed by atoms with Gasteiger partial charge in [0.25, 0.3) is 5.91 Å². The third-order valence-electron chi connectivity index (χ3n) is 6.72. The second-order valence-electron chi connectivity index (χ2n) is 8.42. The fourth-order valence-corrected chi connectivity index (χ4v) is 4.79. The molecule has 1 amide bonds. The van der Waals surface area contributed by atoms with E-state index in [1.165, 1.54) is 31.9 Å². The van der Waals surface area contributed by atoms with Crippen molar-refractivity contribution in [3.05, 3.63) is 30.1 Å². The van der Waals surface area contributed by atoms with Gasteiger partial charge in [-0.3, -0.25) is 9.69 Å². The largest absolute Gasteiger partial charge is 0.451 e. The Labute approximate surface area is 157 Å². The Bertz CT molecular complexity index is 805. The van der Waals surface area contributed by atoms with Crippen LogP contribution in [0, 0.1) is 5.41 Å². The lowest BCUT2D eigenvalue weighted by atomic mass is 9.76. The quantitative estimate of drug-likeness (QED) is 0.819. The molecule has 3 fully saturated rings. The minimum Gasteiger partial charge on any atom is -0.451 e. The molecule has 1 unspecified atom stereocenters. The van der Waals surface area contributed by atoms with Crippen LogP contribution >= 0.6 is 0 Å². The number of nitrogens with zero attached hydrogens (tertiary/aromatic N) is 5. The number of carbonyl (C=O) groups is 1. The first-order valence-corrected chi connectivity index (χ1v) is 9.85. The van der Waals surface area contributed by atoms with Gasteiger partial charge in [0, 0.05) is 25.6 Å². The van der Waals surface area contributed by atoms with Gasteiger partial charge in [-0.2, -0.15) is 4.98 Å². The third kappa shape index (κ3) is 2.96. The lowest BCUT2D eigenvalue weighted by Gasteiger charge is -2.39. The summed E-state index contributed by atoms with van der Waals surface area (Å²) in [6, 6.07) is 0.209. The van der Waals surface area contributed by atoms with Gasteiger partial charge in [0.2, 0.25) is 5.89 Å². The van der Waals surface area contributed by atoms with Crippen molar-refractivity contribution >= 4 is 5.91 Å². The zero-order chi connectivity index (χ0) is 18.4. The molecule has 0 N–H and O–H groups in total. The highest BCUT2D eigenvalue weighted by Gasteiger charge is 2.47. The molecule has 1 spiro atoms. The molecule has 2 aliphatic heterocycles. The summed E-state index contributed by atoms with van der Waals surface area (Å²) in [5, 5.41) is 4.30. The van der Waals surface area contributed by atoms with E-state index in [0.717, 1.165) is 50.6 Å². The van der Waals surface area contributed by atoms with Crippen molar-refractivity contribution < 1.29 is 13.7 Å². The van der Waals surface area contributed by atoms with Gasteiger partial charge in [-0.05, 0) is 44.6 Å². The molecule has 2 saturated heterocycles. The molecule has 144 valence electrons. The number of carbonyl (C=O) groups excluding carboxylic acids is 1. The topological polar surface area (TPSA) is 88.5 Å². The van der Waals surface area contributed by atoms with Crippen molar-refractivity contribution in [3.63, 3.8) is 0 Å². The molecule has 8 nitrogen and oxygen atoms in total. The van der Waals surface area contributed by atoms with Crippen molar-refractivity contribution in [1.82, 2.24) is 24.9 Å². The second kappa shape index (κ2) is 6.44. The average Bonchev–Trinajstić information content (AvgIpc) is 3.35. The highest BCUT2D eigenvalue weighted by atomic mass is 16.5. The molecule has 0 aromatic carbocycles. The van der Waals surface area contributed by atoms with Gasteiger partial charge in [-0.15, -0.1) is 0 Å². The van der Waals surface area contributed by atoms with E-state index in [2.05, 4.69) is 22.1 Å². The third-order valence-corrected chi connectivity index (χ3v) is 6.72. The molecular weight excluding hydrogens is 346 g/mol. The van der Waals surface area contributed by atoms with Crippen LogP contribution in [-0.2, 0) is 0 Å². The van der Waals surface area contributed by atoms with E-state index in [1.54, 1.807) is 0 Å². The van der Waals surface area contributed by atoms with Gasteiger partial charge in [-0.1, -0.05) is 11.6 Å². The summed E-state index contributed by atoms with van der Waals surface area (Å²) in [4.78, 5) is 25.4. The van der Waals surface area contributed by atoms with Crippen LogP contribution in [0.4, 0.5) is 0 Å². The minimum absolute atomic E-state index is 0.0372. The molecule has 3 aliphatic rings. The molecule has 1 atom stereocenters. The highest BCUT2D eigenvalue weighted by Crippen LogP contribution is 2.48. The number of aromatic nitrogens is 3. The standard InChI is InChI=1S/C19H25N5O3/c1-23-11-19(5-7-24(8-6-19)18(25)14-10-26-12-20-14)9-15(23)16-21-17(27-22-16)13-3-2-4-13/h10,12-13,15H,2-9,11H2,1H3. The molecule has 0 bridgehead atoms. The normalized spacial score (nSPS) is 25.8. The first-order chi connectivity index (χ1) is 13.1. The predicted molar refractivity (Wildman–Crippen MR) is 95.0 cm³/mol. The molecule has 4 heterocycles. The van der Waals surface area contributed by atoms with Crippen molar-refractivity contribution in [2.24, 2.45) is 5.41 Å². The summed E-state index contributed by atoms with van der Waals surface area (Å²) in [7, 11) is 2.14. The van der Waals surface area contributed by atoms with E-state index < -0.39 is 0 Å². The van der Waals surface area contributed by atoms with E-state index in [-0.39, 0.29) is 17.4 Å². The zero-order valence-corrected chi connectivity index (χ0v) is 15.6. The van der Waals surface area contributed by atoms with Gasteiger partial charge in [0.15, 0.2) is 17.9 Å². The van der Waals surface area contributed by atoms with Crippen LogP contribution in [0.5, 0.6) is 0 Å². The highest BCUT2D eigenvalue weighted by molar-refractivity contribution is 5.91. The number of hydrogen-bond donors (Lipinski definition) is 0. The molecule has 8 heteroatoms. The molecule has 1 aliphatic carbocycles. The smallest absolute Gasteiger partial charge is 0.275 e. The summed E-state index contributed by atoms with van der Waals surface area (Å²) in [6.07, 6.45) is 9.33. The Balaban J connectivity index is 1.24. The van der Waals surface area contributed by atoms with Gasteiger partial charge in [0.1, 0.15) is 6.26 Å². The molecule has 27 heavy (non-hydrogen) atoms. The Morgan fingerprint density at radius 1 is 1.30 bits per heavy atom. The van der Waals surface area contributed by atoms with Crippen LogP contribution < -0.4 is 0 Å². The summed E-state index contributed by atoms with van der Waals surface area (Å²) in [5.74, 6) is 2.08. The Morgan fingerprint density at radius 3 is 2.78 bits per heavy atom. The number of likely N-dealkylation sites (tertiary alicyclic amines) is 2. The van der Waals surface area contributed by atoms with Crippen molar-refractivity contribution in [1.29, 1.82) is 0 Å². The van der Waals surface area contributed by atoms with Crippen LogP contribution in [-0.4, -0.2) is 57.5 Å². The summed E-state index contributed by atoms with van der Waals surface area (Å²) in [5.41, 5.74) is 0.611. The van der Waals surface area contributed by atoms with E-state index >= 15 is 0 Å². The fraction of sp³-hybridized carbons (Fsp3) is 0.684. The van der Waals surface area contributed by atoms with Crippen molar-refractivity contribution in [2.45, 2.75) is 50.5 Å². The summed E-state index contributed by atoms with van der Waals surface area (Å²) < 4.78 is 10.5. The van der Waals surface area contributed by atoms with Crippen LogP contribution in [0.15, 0.2) is 21.6 Å². The number of oxazole rings is 1. The number of hydrogen-bond acceptors (Lipinski definition) is 7. The zero-order valence-electron chi connectivity index (χ0n) is 15.6. The number of amides is 1. The van der Waals surface area contributed by atoms with Gasteiger partial charge in [-0.25, -0.2) is 4.98 Å².